The quantitative estimate of drug-likeness (QED) is 0.711. The summed E-state index contributed by atoms with van der Waals surface area (Å²) in [5.41, 5.74) is 2.83. The number of carbonyl (C=O) groups excluding carboxylic acids is 1. The minimum Gasteiger partial charge on any atom is -0.339 e. The third-order valence-electron chi connectivity index (χ3n) is 5.42. The van der Waals surface area contributed by atoms with Gasteiger partial charge in [0.2, 0.25) is 5.91 Å². The molecule has 1 amide bonds. The molecule has 2 atom stereocenters. The summed E-state index contributed by atoms with van der Waals surface area (Å²) < 4.78 is 23.9. The minimum atomic E-state index is -3.21. The number of sulfone groups is 1. The van der Waals surface area contributed by atoms with Crippen molar-refractivity contribution >= 4 is 15.7 Å². The number of benzene rings is 2. The molecular formula is C23H27N3O3S. The highest BCUT2D eigenvalue weighted by atomic mass is 32.2. The molecule has 0 bridgehead atoms. The first kappa shape index (κ1) is 22.0. The minimum absolute atomic E-state index is 0.0778. The molecule has 7 heteroatoms. The van der Waals surface area contributed by atoms with E-state index in [1.165, 1.54) is 0 Å². The third-order valence-corrected chi connectivity index (χ3v) is 7.17. The lowest BCUT2D eigenvalue weighted by molar-refractivity contribution is -0.124. The topological polar surface area (TPSA) is 99.1 Å². The van der Waals surface area contributed by atoms with E-state index in [0.29, 0.717) is 11.3 Å². The van der Waals surface area contributed by atoms with Gasteiger partial charge in [-0.15, -0.1) is 0 Å². The summed E-state index contributed by atoms with van der Waals surface area (Å²) in [7, 11) is -3.21. The van der Waals surface area contributed by atoms with Gasteiger partial charge < -0.3 is 10.6 Å². The van der Waals surface area contributed by atoms with E-state index in [1.807, 2.05) is 24.3 Å². The maximum absolute atomic E-state index is 12.3. The summed E-state index contributed by atoms with van der Waals surface area (Å²) in [6.45, 7) is 2.46. The molecule has 158 valence electrons. The molecule has 1 saturated heterocycles. The molecule has 0 spiro atoms. The first-order valence-corrected chi connectivity index (χ1v) is 11.9. The number of piperidine rings is 1. The number of hydrogen-bond acceptors (Lipinski definition) is 5. The van der Waals surface area contributed by atoms with Crippen molar-refractivity contribution in [2.45, 2.75) is 49.6 Å². The maximum Gasteiger partial charge on any atom is 0.238 e. The lowest BCUT2D eigenvalue weighted by atomic mass is 10.00. The van der Waals surface area contributed by atoms with Crippen LogP contribution in [0.1, 0.15) is 31.7 Å². The molecule has 2 aromatic rings. The van der Waals surface area contributed by atoms with E-state index in [4.69, 9.17) is 0 Å². The zero-order valence-electron chi connectivity index (χ0n) is 17.1. The van der Waals surface area contributed by atoms with Crippen LogP contribution >= 0.6 is 0 Å². The average molecular weight is 426 g/mol. The van der Waals surface area contributed by atoms with E-state index in [-0.39, 0.29) is 17.7 Å². The number of hydrogen-bond donors (Lipinski definition) is 2. The van der Waals surface area contributed by atoms with Crippen LogP contribution in [0, 0.1) is 11.3 Å². The SMILES string of the molecule is CCS(=O)(=O)c1ccc(-c2ccc(C[C@@H](C#N)NC(=O)C3CCCCN3)cc2)cc1. The van der Waals surface area contributed by atoms with Crippen LogP contribution in [0.5, 0.6) is 0 Å². The number of amides is 1. The molecule has 1 fully saturated rings. The molecule has 0 aromatic heterocycles. The summed E-state index contributed by atoms with van der Waals surface area (Å²) in [5, 5.41) is 15.5. The van der Waals surface area contributed by atoms with Crippen LogP contribution < -0.4 is 10.6 Å². The molecule has 1 unspecified atom stereocenters. The summed E-state index contributed by atoms with van der Waals surface area (Å²) in [4.78, 5) is 12.7. The molecule has 3 rings (SSSR count). The average Bonchev–Trinajstić information content (AvgIpc) is 2.79. The van der Waals surface area contributed by atoms with Gasteiger partial charge >= 0.3 is 0 Å². The Kier molecular flexibility index (Phi) is 7.24. The van der Waals surface area contributed by atoms with Crippen molar-refractivity contribution in [2.75, 3.05) is 12.3 Å². The predicted octanol–water partition coefficient (Wildman–Crippen LogP) is 2.84. The molecule has 30 heavy (non-hydrogen) atoms. The summed E-state index contributed by atoms with van der Waals surface area (Å²) in [6.07, 6.45) is 3.34. The van der Waals surface area contributed by atoms with Crippen LogP contribution in [0.3, 0.4) is 0 Å². The normalized spacial score (nSPS) is 17.7. The lowest BCUT2D eigenvalue weighted by Crippen LogP contribution is -2.49. The van der Waals surface area contributed by atoms with E-state index in [1.54, 1.807) is 31.2 Å². The standard InChI is InChI=1S/C23H27N3O3S/c1-2-30(28,29)21-12-10-19(11-13-21)18-8-6-17(7-9-18)15-20(16-24)26-23(27)22-5-3-4-14-25-22/h6-13,20,22,25H,2-5,14-15H2,1H3,(H,26,27)/t20-,22?/m0/s1. The van der Waals surface area contributed by atoms with E-state index < -0.39 is 15.9 Å². The number of carbonyl (C=O) groups is 1. The second-order valence-electron chi connectivity index (χ2n) is 7.52. The summed E-state index contributed by atoms with van der Waals surface area (Å²) in [6, 6.07) is 16.0. The highest BCUT2D eigenvalue weighted by Gasteiger charge is 2.23. The van der Waals surface area contributed by atoms with E-state index >= 15 is 0 Å². The van der Waals surface area contributed by atoms with Gasteiger partial charge in [0.05, 0.1) is 22.8 Å². The molecule has 1 aliphatic rings. The number of nitrogens with zero attached hydrogens (tertiary/aromatic N) is 1. The highest BCUT2D eigenvalue weighted by molar-refractivity contribution is 7.91. The first-order valence-electron chi connectivity index (χ1n) is 10.3. The van der Waals surface area contributed by atoms with E-state index in [2.05, 4.69) is 16.7 Å². The fraction of sp³-hybridized carbons (Fsp3) is 0.391. The Hall–Kier alpha value is -2.69. The Morgan fingerprint density at radius 3 is 2.30 bits per heavy atom. The number of rotatable bonds is 7. The van der Waals surface area contributed by atoms with Crippen molar-refractivity contribution in [3.05, 3.63) is 54.1 Å². The van der Waals surface area contributed by atoms with Crippen LogP contribution in [0.2, 0.25) is 0 Å². The van der Waals surface area contributed by atoms with Gasteiger partial charge in [-0.25, -0.2) is 8.42 Å². The first-order chi connectivity index (χ1) is 14.4. The second-order valence-corrected chi connectivity index (χ2v) is 9.80. The molecule has 0 saturated carbocycles. The van der Waals surface area contributed by atoms with Crippen molar-refractivity contribution in [1.82, 2.24) is 10.6 Å². The van der Waals surface area contributed by atoms with Gasteiger partial charge in [0, 0.05) is 6.42 Å². The fourth-order valence-electron chi connectivity index (χ4n) is 3.57. The van der Waals surface area contributed by atoms with Crippen LogP contribution in [-0.2, 0) is 21.1 Å². The zero-order chi connectivity index (χ0) is 21.6. The van der Waals surface area contributed by atoms with Crippen molar-refractivity contribution < 1.29 is 13.2 Å². The second kappa shape index (κ2) is 9.88. The molecule has 6 nitrogen and oxygen atoms in total. The molecular weight excluding hydrogens is 398 g/mol. The van der Waals surface area contributed by atoms with Crippen LogP contribution in [0.4, 0.5) is 0 Å². The summed E-state index contributed by atoms with van der Waals surface area (Å²) in [5.74, 6) is -0.0333. The van der Waals surface area contributed by atoms with Gasteiger partial charge in [0.1, 0.15) is 6.04 Å². The van der Waals surface area contributed by atoms with Gasteiger partial charge in [-0.2, -0.15) is 5.26 Å². The largest absolute Gasteiger partial charge is 0.339 e. The van der Waals surface area contributed by atoms with Crippen LogP contribution in [0.15, 0.2) is 53.4 Å². The van der Waals surface area contributed by atoms with Crippen molar-refractivity contribution in [3.8, 4) is 17.2 Å². The highest BCUT2D eigenvalue weighted by Crippen LogP contribution is 2.22. The Bertz CT molecular complexity index is 1000. The van der Waals surface area contributed by atoms with Gasteiger partial charge in [-0.3, -0.25) is 4.79 Å². The molecule has 2 N–H and O–H groups in total. The van der Waals surface area contributed by atoms with Crippen molar-refractivity contribution in [1.29, 1.82) is 5.26 Å². The fourth-order valence-corrected chi connectivity index (χ4v) is 4.45. The molecule has 0 aliphatic carbocycles. The zero-order valence-corrected chi connectivity index (χ0v) is 17.9. The third kappa shape index (κ3) is 5.47. The molecule has 1 aliphatic heterocycles. The van der Waals surface area contributed by atoms with Gasteiger partial charge in [0.25, 0.3) is 0 Å². The van der Waals surface area contributed by atoms with E-state index in [0.717, 1.165) is 42.5 Å². The Morgan fingerprint density at radius 2 is 1.77 bits per heavy atom. The van der Waals surface area contributed by atoms with Crippen molar-refractivity contribution in [3.63, 3.8) is 0 Å². The Balaban J connectivity index is 1.63. The van der Waals surface area contributed by atoms with E-state index in [9.17, 15) is 18.5 Å². The van der Waals surface area contributed by atoms with Crippen LogP contribution in [0.25, 0.3) is 11.1 Å². The molecule has 1 heterocycles. The molecule has 2 aromatic carbocycles. The maximum atomic E-state index is 12.3. The summed E-state index contributed by atoms with van der Waals surface area (Å²) >= 11 is 0. The number of nitriles is 1. The van der Waals surface area contributed by atoms with Gasteiger partial charge in [0.15, 0.2) is 9.84 Å². The Morgan fingerprint density at radius 1 is 1.13 bits per heavy atom. The van der Waals surface area contributed by atoms with Crippen LogP contribution in [-0.4, -0.2) is 38.7 Å². The van der Waals surface area contributed by atoms with Crippen molar-refractivity contribution in [2.24, 2.45) is 0 Å². The number of nitrogens with one attached hydrogen (secondary N) is 2. The van der Waals surface area contributed by atoms with Gasteiger partial charge in [-0.1, -0.05) is 49.7 Å². The van der Waals surface area contributed by atoms with Gasteiger partial charge in [-0.05, 0) is 48.2 Å². The monoisotopic (exact) mass is 425 g/mol. The molecule has 0 radical (unpaired) electrons. The Labute approximate surface area is 178 Å². The predicted molar refractivity (Wildman–Crippen MR) is 116 cm³/mol. The lowest BCUT2D eigenvalue weighted by Gasteiger charge is -2.23. The smallest absolute Gasteiger partial charge is 0.238 e.